The van der Waals surface area contributed by atoms with E-state index in [2.05, 4.69) is 20.9 Å². The Labute approximate surface area is 256 Å². The molecule has 2 aromatic carbocycles. The van der Waals surface area contributed by atoms with Crippen LogP contribution in [0.15, 0.2) is 60.8 Å². The lowest BCUT2D eigenvalue weighted by Gasteiger charge is -2.53. The number of hydrogen-bond acceptors (Lipinski definition) is 5. The molecule has 0 spiro atoms. The number of hydrogen-bond donors (Lipinski definition) is 5. The minimum Gasteiger partial charge on any atom is -0.480 e. The van der Waals surface area contributed by atoms with Crippen molar-refractivity contribution in [2.75, 3.05) is 6.54 Å². The molecule has 0 saturated heterocycles. The molecule has 4 bridgehead atoms. The number of rotatable bonds is 11. The van der Waals surface area contributed by atoms with E-state index in [0.29, 0.717) is 11.8 Å². The summed E-state index contributed by atoms with van der Waals surface area (Å²) in [7, 11) is 0. The fourth-order valence-corrected chi connectivity index (χ4v) is 7.95. The summed E-state index contributed by atoms with van der Waals surface area (Å²) >= 11 is 0. The maximum absolute atomic E-state index is 14.2. The van der Waals surface area contributed by atoms with Crippen molar-refractivity contribution in [2.24, 2.45) is 23.7 Å². The fourth-order valence-electron chi connectivity index (χ4n) is 7.95. The number of amides is 3. The molecule has 44 heavy (non-hydrogen) atoms. The second kappa shape index (κ2) is 12.3. The summed E-state index contributed by atoms with van der Waals surface area (Å²) in [6.07, 6.45) is 6.94. The Morgan fingerprint density at radius 2 is 1.61 bits per heavy atom. The first kappa shape index (κ1) is 29.7. The SMILES string of the molecule is CC(Cc1c[nH]c2ccccc12)(NC(=O)OC1C2CC3CC(C2)CC1C3)C(=O)NC(Cc1ccccc1)C(=O)NCC(=O)O. The number of carbonyl (C=O) groups excluding carboxylic acids is 3. The molecule has 2 unspecified atom stereocenters. The molecule has 10 nitrogen and oxygen atoms in total. The molecule has 0 aliphatic heterocycles. The zero-order chi connectivity index (χ0) is 30.8. The number of ether oxygens (including phenoxy) is 1. The topological polar surface area (TPSA) is 150 Å². The van der Waals surface area contributed by atoms with Crippen molar-refractivity contribution in [3.8, 4) is 0 Å². The molecule has 4 aliphatic rings. The van der Waals surface area contributed by atoms with Crippen LogP contribution in [-0.2, 0) is 32.0 Å². The lowest BCUT2D eigenvalue weighted by atomic mass is 9.55. The van der Waals surface area contributed by atoms with Crippen LogP contribution in [0, 0.1) is 23.7 Å². The van der Waals surface area contributed by atoms with Gasteiger partial charge < -0.3 is 30.8 Å². The van der Waals surface area contributed by atoms with Crippen LogP contribution in [0.5, 0.6) is 0 Å². The molecule has 4 saturated carbocycles. The molecule has 3 amide bonds. The van der Waals surface area contributed by atoms with Crippen molar-refractivity contribution in [3.05, 3.63) is 71.9 Å². The van der Waals surface area contributed by atoms with Crippen LogP contribution < -0.4 is 16.0 Å². The monoisotopic (exact) mass is 600 g/mol. The Balaban J connectivity index is 1.24. The van der Waals surface area contributed by atoms with E-state index in [0.717, 1.165) is 59.5 Å². The van der Waals surface area contributed by atoms with Crippen LogP contribution in [0.1, 0.15) is 50.2 Å². The first-order valence-electron chi connectivity index (χ1n) is 15.5. The minimum absolute atomic E-state index is 0.133. The molecule has 0 radical (unpaired) electrons. The number of aliphatic carboxylic acids is 1. The number of fused-ring (bicyclic) bond motifs is 1. The third-order valence-corrected chi connectivity index (χ3v) is 9.80. The van der Waals surface area contributed by atoms with Crippen LogP contribution in [0.25, 0.3) is 10.9 Å². The number of carboxylic acids is 1. The number of para-hydroxylation sites is 1. The quantitative estimate of drug-likeness (QED) is 0.225. The van der Waals surface area contributed by atoms with Gasteiger partial charge in [0.1, 0.15) is 24.2 Å². The van der Waals surface area contributed by atoms with E-state index in [-0.39, 0.29) is 18.9 Å². The molecule has 1 heterocycles. The number of aromatic amines is 1. The van der Waals surface area contributed by atoms with E-state index in [4.69, 9.17) is 9.84 Å². The molecule has 7 rings (SSSR count). The second-order valence-electron chi connectivity index (χ2n) is 13.1. The summed E-state index contributed by atoms with van der Waals surface area (Å²) < 4.78 is 6.11. The van der Waals surface area contributed by atoms with Gasteiger partial charge in [0.05, 0.1) is 0 Å². The first-order valence-corrected chi connectivity index (χ1v) is 15.5. The lowest BCUT2D eigenvalue weighted by molar-refractivity contribution is -0.138. The van der Waals surface area contributed by atoms with E-state index < -0.39 is 42.0 Å². The van der Waals surface area contributed by atoms with E-state index in [1.807, 2.05) is 60.8 Å². The molecular weight excluding hydrogens is 560 g/mol. The number of carboxylic acid groups (broad SMARTS) is 1. The maximum Gasteiger partial charge on any atom is 0.408 e. The smallest absolute Gasteiger partial charge is 0.408 e. The molecule has 10 heteroatoms. The van der Waals surface area contributed by atoms with Crippen molar-refractivity contribution in [2.45, 2.75) is 69.6 Å². The summed E-state index contributed by atoms with van der Waals surface area (Å²) in [5, 5.41) is 18.1. The third kappa shape index (κ3) is 6.44. The van der Waals surface area contributed by atoms with Gasteiger partial charge >= 0.3 is 12.1 Å². The van der Waals surface area contributed by atoms with E-state index in [9.17, 15) is 19.2 Å². The van der Waals surface area contributed by atoms with Gasteiger partial charge in [-0.1, -0.05) is 48.5 Å². The minimum atomic E-state index is -1.49. The highest BCUT2D eigenvalue weighted by Gasteiger charge is 2.50. The molecule has 5 N–H and O–H groups in total. The summed E-state index contributed by atoms with van der Waals surface area (Å²) in [4.78, 5) is 55.2. The van der Waals surface area contributed by atoms with Gasteiger partial charge in [0.2, 0.25) is 11.8 Å². The Bertz CT molecular complexity index is 1510. The Morgan fingerprint density at radius 1 is 0.955 bits per heavy atom. The van der Waals surface area contributed by atoms with Gasteiger partial charge in [-0.2, -0.15) is 0 Å². The summed E-state index contributed by atoms with van der Waals surface area (Å²) in [6.45, 7) is 1.06. The van der Waals surface area contributed by atoms with Gasteiger partial charge in [0.25, 0.3) is 0 Å². The summed E-state index contributed by atoms with van der Waals surface area (Å²) in [5.74, 6) is -0.218. The average molecular weight is 601 g/mol. The fraction of sp³-hybridized carbons (Fsp3) is 0.471. The van der Waals surface area contributed by atoms with Crippen molar-refractivity contribution in [1.29, 1.82) is 0 Å². The van der Waals surface area contributed by atoms with Crippen LogP contribution in [0.4, 0.5) is 4.79 Å². The van der Waals surface area contributed by atoms with Gasteiger partial charge in [-0.15, -0.1) is 0 Å². The molecule has 3 aromatic rings. The Hall–Kier alpha value is -4.34. The van der Waals surface area contributed by atoms with E-state index >= 15 is 0 Å². The highest BCUT2D eigenvalue weighted by atomic mass is 16.6. The summed E-state index contributed by atoms with van der Waals surface area (Å²) in [6, 6.07) is 15.8. The molecule has 4 fully saturated rings. The molecular formula is C34H40N4O6. The second-order valence-corrected chi connectivity index (χ2v) is 13.1. The Kier molecular flexibility index (Phi) is 8.33. The third-order valence-electron chi connectivity index (χ3n) is 9.80. The standard InChI is InChI=1S/C34H40N4O6/c1-34(17-25-18-35-27-10-6-5-9-26(25)27,38-33(43)44-30-23-12-21-11-22(14-23)15-24(30)13-21)32(42)37-28(31(41)36-19-29(39)40)16-20-7-3-2-4-8-20/h2-10,18,21-24,28,30,35H,11-17,19H2,1H3,(H,36,41)(H,37,42)(H,38,43)(H,39,40). The molecule has 4 aliphatic carbocycles. The van der Waals surface area contributed by atoms with E-state index in [1.165, 1.54) is 6.42 Å². The number of nitrogens with one attached hydrogen (secondary N) is 4. The average Bonchev–Trinajstić information content (AvgIpc) is 3.39. The predicted octanol–water partition coefficient (Wildman–Crippen LogP) is 3.95. The van der Waals surface area contributed by atoms with Gasteiger partial charge in [-0.05, 0) is 79.9 Å². The van der Waals surface area contributed by atoms with Gasteiger partial charge in [0, 0.05) is 29.9 Å². The number of H-pyrrole nitrogens is 1. The predicted molar refractivity (Wildman–Crippen MR) is 164 cm³/mol. The first-order chi connectivity index (χ1) is 21.2. The lowest BCUT2D eigenvalue weighted by Crippen LogP contribution is -2.62. The van der Waals surface area contributed by atoms with Crippen molar-refractivity contribution < 1.29 is 29.0 Å². The van der Waals surface area contributed by atoms with Gasteiger partial charge in [-0.3, -0.25) is 14.4 Å². The number of alkyl carbamates (subject to hydrolysis) is 1. The van der Waals surface area contributed by atoms with Crippen LogP contribution in [-0.4, -0.2) is 58.2 Å². The van der Waals surface area contributed by atoms with Crippen LogP contribution in [0.2, 0.25) is 0 Å². The van der Waals surface area contributed by atoms with Crippen molar-refractivity contribution in [1.82, 2.24) is 20.9 Å². The highest BCUT2D eigenvalue weighted by molar-refractivity contribution is 5.95. The number of carbonyl (C=O) groups is 4. The zero-order valence-electron chi connectivity index (χ0n) is 24.9. The van der Waals surface area contributed by atoms with Gasteiger partial charge in [-0.25, -0.2) is 4.79 Å². The number of aromatic nitrogens is 1. The summed E-state index contributed by atoms with van der Waals surface area (Å²) in [5.41, 5.74) is 1.02. The Morgan fingerprint density at radius 3 is 2.30 bits per heavy atom. The maximum atomic E-state index is 14.2. The van der Waals surface area contributed by atoms with E-state index in [1.54, 1.807) is 6.92 Å². The zero-order valence-corrected chi connectivity index (χ0v) is 24.9. The molecule has 232 valence electrons. The number of benzene rings is 2. The van der Waals surface area contributed by atoms with Crippen molar-refractivity contribution in [3.63, 3.8) is 0 Å². The molecule has 2 atom stereocenters. The van der Waals surface area contributed by atoms with Crippen molar-refractivity contribution >= 4 is 34.8 Å². The van der Waals surface area contributed by atoms with Gasteiger partial charge in [0.15, 0.2) is 0 Å². The largest absolute Gasteiger partial charge is 0.480 e. The highest BCUT2D eigenvalue weighted by Crippen LogP contribution is 2.54. The van der Waals surface area contributed by atoms with Crippen LogP contribution >= 0.6 is 0 Å². The van der Waals surface area contributed by atoms with Crippen LogP contribution in [0.3, 0.4) is 0 Å². The normalized spacial score (nSPS) is 25.5. The molecule has 1 aromatic heterocycles.